The van der Waals surface area contributed by atoms with Crippen LogP contribution in [0.5, 0.6) is 5.88 Å². The lowest BCUT2D eigenvalue weighted by atomic mass is 9.89. The molecule has 2 aromatic rings. The quantitative estimate of drug-likeness (QED) is 0.810. The molecule has 0 bridgehead atoms. The maximum Gasteiger partial charge on any atom is 0.272 e. The molecule has 1 fully saturated rings. The summed E-state index contributed by atoms with van der Waals surface area (Å²) in [7, 11) is 3.09. The van der Waals surface area contributed by atoms with E-state index in [-0.39, 0.29) is 11.8 Å². The Bertz CT molecular complexity index is 803. The van der Waals surface area contributed by atoms with Crippen LogP contribution in [-0.2, 0) is 16.1 Å². The number of likely N-dealkylation sites (tertiary alicyclic amines) is 1. The summed E-state index contributed by atoms with van der Waals surface area (Å²) in [6, 6.07) is 8.84. The number of amides is 2. The molecule has 148 valence electrons. The zero-order valence-electron chi connectivity index (χ0n) is 16.1. The molecule has 8 nitrogen and oxygen atoms in total. The van der Waals surface area contributed by atoms with Crippen LogP contribution in [0.4, 0.5) is 0 Å². The summed E-state index contributed by atoms with van der Waals surface area (Å²) in [4.78, 5) is 35.3. The highest BCUT2D eigenvalue weighted by molar-refractivity contribution is 5.92. The van der Waals surface area contributed by atoms with Gasteiger partial charge in [0.1, 0.15) is 11.3 Å². The van der Waals surface area contributed by atoms with Crippen LogP contribution in [0.2, 0.25) is 0 Å². The van der Waals surface area contributed by atoms with E-state index < -0.39 is 5.60 Å². The van der Waals surface area contributed by atoms with Crippen LogP contribution >= 0.6 is 0 Å². The van der Waals surface area contributed by atoms with Crippen molar-refractivity contribution in [3.05, 3.63) is 54.0 Å². The molecule has 8 heteroatoms. The molecule has 2 aromatic heterocycles. The van der Waals surface area contributed by atoms with Gasteiger partial charge in [0.15, 0.2) is 0 Å². The van der Waals surface area contributed by atoms with E-state index in [1.165, 1.54) is 7.11 Å². The molecular weight excluding hydrogens is 360 g/mol. The van der Waals surface area contributed by atoms with E-state index in [1.54, 1.807) is 48.7 Å². The van der Waals surface area contributed by atoms with Gasteiger partial charge in [-0.15, -0.1) is 0 Å². The van der Waals surface area contributed by atoms with Crippen molar-refractivity contribution >= 4 is 11.8 Å². The van der Waals surface area contributed by atoms with E-state index in [9.17, 15) is 9.59 Å². The summed E-state index contributed by atoms with van der Waals surface area (Å²) in [5, 5.41) is 2.91. The standard InChI is InChI=1S/C20H24N4O4/c1-27-17-7-6-15(13-22-17)14-23-19(26)20(28-2)8-11-24(12-9-20)18(25)16-5-3-4-10-21-16/h3-7,10,13H,8-9,11-12,14H2,1-2H3,(H,23,26). The zero-order chi connectivity index (χ0) is 20.0. The number of rotatable bonds is 6. The molecule has 0 unspecified atom stereocenters. The second kappa shape index (κ2) is 8.79. The highest BCUT2D eigenvalue weighted by atomic mass is 16.5. The number of carbonyl (C=O) groups excluding carboxylic acids is 2. The van der Waals surface area contributed by atoms with Gasteiger partial charge in [0.05, 0.1) is 7.11 Å². The highest BCUT2D eigenvalue weighted by Crippen LogP contribution is 2.27. The first-order chi connectivity index (χ1) is 13.6. The van der Waals surface area contributed by atoms with Gasteiger partial charge in [-0.2, -0.15) is 0 Å². The minimum atomic E-state index is -0.944. The van der Waals surface area contributed by atoms with E-state index in [0.29, 0.717) is 44.0 Å². The van der Waals surface area contributed by atoms with Gasteiger partial charge in [-0.05, 0) is 17.7 Å². The van der Waals surface area contributed by atoms with Crippen LogP contribution in [0, 0.1) is 0 Å². The van der Waals surface area contributed by atoms with Gasteiger partial charge in [0, 0.05) is 58.0 Å². The fourth-order valence-corrected chi connectivity index (χ4v) is 3.23. The number of ether oxygens (including phenoxy) is 2. The molecule has 0 radical (unpaired) electrons. The second-order valence-electron chi connectivity index (χ2n) is 6.60. The molecule has 3 heterocycles. The molecule has 0 spiro atoms. The molecule has 0 atom stereocenters. The van der Waals surface area contributed by atoms with Crippen LogP contribution in [0.15, 0.2) is 42.7 Å². The van der Waals surface area contributed by atoms with Gasteiger partial charge in [-0.1, -0.05) is 12.1 Å². The maximum absolute atomic E-state index is 12.8. The molecule has 1 aliphatic heterocycles. The molecule has 3 rings (SSSR count). The predicted octanol–water partition coefficient (Wildman–Crippen LogP) is 1.42. The Morgan fingerprint density at radius 3 is 2.50 bits per heavy atom. The van der Waals surface area contributed by atoms with Crippen LogP contribution in [-0.4, -0.2) is 59.6 Å². The van der Waals surface area contributed by atoms with Crippen molar-refractivity contribution in [3.63, 3.8) is 0 Å². The van der Waals surface area contributed by atoms with Crippen molar-refractivity contribution in [1.29, 1.82) is 0 Å². The summed E-state index contributed by atoms with van der Waals surface area (Å²) in [5.41, 5.74) is 0.327. The van der Waals surface area contributed by atoms with E-state index in [4.69, 9.17) is 9.47 Å². The third-order valence-electron chi connectivity index (χ3n) is 5.01. The van der Waals surface area contributed by atoms with Gasteiger partial charge >= 0.3 is 0 Å². The van der Waals surface area contributed by atoms with Crippen LogP contribution in [0.3, 0.4) is 0 Å². The third-order valence-corrected chi connectivity index (χ3v) is 5.01. The average molecular weight is 384 g/mol. The molecule has 1 N–H and O–H groups in total. The summed E-state index contributed by atoms with van der Waals surface area (Å²) in [6.07, 6.45) is 4.11. The normalized spacial score (nSPS) is 15.7. The lowest BCUT2D eigenvalue weighted by Gasteiger charge is -2.39. The number of nitrogens with zero attached hydrogens (tertiary/aromatic N) is 3. The minimum Gasteiger partial charge on any atom is -0.481 e. The Balaban J connectivity index is 1.57. The summed E-state index contributed by atoms with van der Waals surface area (Å²) >= 11 is 0. The van der Waals surface area contributed by atoms with Gasteiger partial charge < -0.3 is 19.7 Å². The Hall–Kier alpha value is -3.00. The molecule has 2 amide bonds. The number of pyridine rings is 2. The number of nitrogens with one attached hydrogen (secondary N) is 1. The SMILES string of the molecule is COc1ccc(CNC(=O)C2(OC)CCN(C(=O)c3ccccn3)CC2)cn1. The molecule has 0 aliphatic carbocycles. The topological polar surface area (TPSA) is 93.7 Å². The first kappa shape index (κ1) is 19.8. The van der Waals surface area contributed by atoms with Crippen molar-refractivity contribution < 1.29 is 19.1 Å². The molecule has 0 aromatic carbocycles. The van der Waals surface area contributed by atoms with Crippen LogP contribution in [0.1, 0.15) is 28.9 Å². The number of piperidine rings is 1. The highest BCUT2D eigenvalue weighted by Gasteiger charge is 2.42. The number of carbonyl (C=O) groups is 2. The lowest BCUT2D eigenvalue weighted by Crippen LogP contribution is -2.55. The van der Waals surface area contributed by atoms with Crippen molar-refractivity contribution in [2.24, 2.45) is 0 Å². The summed E-state index contributed by atoms with van der Waals surface area (Å²) in [6.45, 7) is 1.21. The predicted molar refractivity (Wildman–Crippen MR) is 102 cm³/mol. The first-order valence-electron chi connectivity index (χ1n) is 9.10. The van der Waals surface area contributed by atoms with Gasteiger partial charge in [-0.3, -0.25) is 14.6 Å². The van der Waals surface area contributed by atoms with Crippen LogP contribution in [0.25, 0.3) is 0 Å². The largest absolute Gasteiger partial charge is 0.481 e. The summed E-state index contributed by atoms with van der Waals surface area (Å²) < 4.78 is 10.6. The molecule has 28 heavy (non-hydrogen) atoms. The van der Waals surface area contributed by atoms with E-state index in [1.807, 2.05) is 6.07 Å². The Labute approximate surface area is 163 Å². The van der Waals surface area contributed by atoms with Crippen LogP contribution < -0.4 is 10.1 Å². The Kier molecular flexibility index (Phi) is 6.20. The number of methoxy groups -OCH3 is 2. The average Bonchev–Trinajstić information content (AvgIpc) is 2.78. The number of aromatic nitrogens is 2. The fraction of sp³-hybridized carbons (Fsp3) is 0.400. The fourth-order valence-electron chi connectivity index (χ4n) is 3.23. The van der Waals surface area contributed by atoms with E-state index in [0.717, 1.165) is 5.56 Å². The number of hydrogen-bond acceptors (Lipinski definition) is 6. The summed E-state index contributed by atoms with van der Waals surface area (Å²) in [5.74, 6) is 0.208. The maximum atomic E-state index is 12.8. The van der Waals surface area contributed by atoms with Gasteiger partial charge in [0.25, 0.3) is 11.8 Å². The third kappa shape index (κ3) is 4.28. The molecule has 1 saturated heterocycles. The smallest absolute Gasteiger partial charge is 0.272 e. The van der Waals surface area contributed by atoms with Crippen molar-refractivity contribution in [3.8, 4) is 5.88 Å². The van der Waals surface area contributed by atoms with E-state index in [2.05, 4.69) is 15.3 Å². The molecular formula is C20H24N4O4. The number of hydrogen-bond donors (Lipinski definition) is 1. The first-order valence-corrected chi connectivity index (χ1v) is 9.10. The Morgan fingerprint density at radius 1 is 1.14 bits per heavy atom. The van der Waals surface area contributed by atoms with Crippen molar-refractivity contribution in [2.45, 2.75) is 25.0 Å². The zero-order valence-corrected chi connectivity index (χ0v) is 16.1. The van der Waals surface area contributed by atoms with E-state index >= 15 is 0 Å². The Morgan fingerprint density at radius 2 is 1.93 bits per heavy atom. The van der Waals surface area contributed by atoms with Crippen molar-refractivity contribution in [2.75, 3.05) is 27.3 Å². The van der Waals surface area contributed by atoms with Gasteiger partial charge in [-0.25, -0.2) is 4.98 Å². The minimum absolute atomic E-state index is 0.130. The van der Waals surface area contributed by atoms with Crippen molar-refractivity contribution in [1.82, 2.24) is 20.2 Å². The van der Waals surface area contributed by atoms with Gasteiger partial charge in [0.2, 0.25) is 5.88 Å². The molecule has 1 aliphatic rings. The lowest BCUT2D eigenvalue weighted by molar-refractivity contribution is -0.149. The second-order valence-corrected chi connectivity index (χ2v) is 6.60. The molecule has 0 saturated carbocycles. The monoisotopic (exact) mass is 384 g/mol.